The van der Waals surface area contributed by atoms with E-state index >= 15 is 0 Å². The van der Waals surface area contributed by atoms with Gasteiger partial charge in [0.05, 0.1) is 13.2 Å². The minimum atomic E-state index is -0.492. The third-order valence-electron chi connectivity index (χ3n) is 6.85. The topological polar surface area (TPSA) is 65.6 Å². The first kappa shape index (κ1) is 19.7. The summed E-state index contributed by atoms with van der Waals surface area (Å²) in [4.78, 5) is 34.1. The van der Waals surface area contributed by atoms with E-state index in [9.17, 15) is 9.59 Å². The van der Waals surface area contributed by atoms with Gasteiger partial charge in [-0.25, -0.2) is 0 Å². The molecule has 0 saturated carbocycles. The van der Waals surface area contributed by atoms with Crippen LogP contribution in [0.25, 0.3) is 10.9 Å². The van der Waals surface area contributed by atoms with Crippen molar-refractivity contribution in [1.82, 2.24) is 14.8 Å². The van der Waals surface area contributed by atoms with E-state index in [-0.39, 0.29) is 30.4 Å². The van der Waals surface area contributed by atoms with Crippen LogP contribution in [0.2, 0.25) is 0 Å². The minimum Gasteiger partial charge on any atom is -0.497 e. The van der Waals surface area contributed by atoms with E-state index in [1.165, 1.54) is 0 Å². The first-order chi connectivity index (χ1) is 15.0. The van der Waals surface area contributed by atoms with Gasteiger partial charge in [0.1, 0.15) is 18.3 Å². The molecular formula is C25H27N3O3. The lowest BCUT2D eigenvalue weighted by Gasteiger charge is -2.48. The molecule has 0 unspecified atom stereocenters. The molecule has 1 saturated heterocycles. The Morgan fingerprint density at radius 3 is 2.58 bits per heavy atom. The van der Waals surface area contributed by atoms with Crippen LogP contribution in [-0.2, 0) is 16.0 Å². The summed E-state index contributed by atoms with van der Waals surface area (Å²) in [5.41, 5.74) is 4.13. The summed E-state index contributed by atoms with van der Waals surface area (Å²) in [6.07, 6.45) is 1.36. The number of ether oxygens (including phenoxy) is 1. The average molecular weight is 418 g/mol. The standard InChI is InChI=1S/C25H27N3O3/c1-4-15(2)27-14-22(29)28-21(25(27)30)13-19-18-7-5-6-8-20(18)26-23(19)24(28)16-9-11-17(31-3)12-10-16/h5-12,15,21,24,26H,4,13-14H2,1-3H3/t15-,21-,24-/m0/s1. The van der Waals surface area contributed by atoms with Crippen molar-refractivity contribution in [2.45, 2.75) is 44.8 Å². The highest BCUT2D eigenvalue weighted by atomic mass is 16.5. The van der Waals surface area contributed by atoms with Gasteiger partial charge in [-0.05, 0) is 42.7 Å². The second-order valence-corrected chi connectivity index (χ2v) is 8.48. The Hall–Kier alpha value is -3.28. The van der Waals surface area contributed by atoms with E-state index in [1.807, 2.05) is 56.3 Å². The number of amides is 2. The number of nitrogens with one attached hydrogen (secondary N) is 1. The fourth-order valence-electron chi connectivity index (χ4n) is 5.01. The summed E-state index contributed by atoms with van der Waals surface area (Å²) < 4.78 is 5.32. The Balaban J connectivity index is 1.68. The van der Waals surface area contributed by atoms with Gasteiger partial charge in [0.2, 0.25) is 11.8 Å². The number of fused-ring (bicyclic) bond motifs is 4. The second kappa shape index (κ2) is 7.45. The summed E-state index contributed by atoms with van der Waals surface area (Å²) in [6.45, 7) is 4.20. The van der Waals surface area contributed by atoms with Gasteiger partial charge in [-0.1, -0.05) is 37.3 Å². The third-order valence-corrected chi connectivity index (χ3v) is 6.85. The number of aromatic amines is 1. The minimum absolute atomic E-state index is 0.00461. The SMILES string of the molecule is CC[C@H](C)N1CC(=O)N2[C@@H](c3ccc(OC)cc3)c3[nH]c4ccccc4c3C[C@H]2C1=O. The highest BCUT2D eigenvalue weighted by Crippen LogP contribution is 2.43. The van der Waals surface area contributed by atoms with E-state index in [2.05, 4.69) is 11.1 Å². The molecule has 0 spiro atoms. The number of piperazine rings is 1. The van der Waals surface area contributed by atoms with Gasteiger partial charge in [0, 0.05) is 29.1 Å². The molecule has 0 aliphatic carbocycles. The molecule has 6 heteroatoms. The summed E-state index contributed by atoms with van der Waals surface area (Å²) in [5.74, 6) is 0.801. The molecule has 2 aliphatic rings. The summed E-state index contributed by atoms with van der Waals surface area (Å²) >= 11 is 0. The molecule has 0 radical (unpaired) electrons. The fourth-order valence-corrected chi connectivity index (χ4v) is 5.01. The van der Waals surface area contributed by atoms with Gasteiger partial charge in [-0.2, -0.15) is 0 Å². The highest BCUT2D eigenvalue weighted by Gasteiger charge is 2.48. The van der Waals surface area contributed by atoms with Crippen molar-refractivity contribution in [1.29, 1.82) is 0 Å². The summed E-state index contributed by atoms with van der Waals surface area (Å²) in [5, 5.41) is 1.12. The monoisotopic (exact) mass is 417 g/mol. The Labute approximate surface area is 181 Å². The van der Waals surface area contributed by atoms with Crippen LogP contribution in [0.4, 0.5) is 0 Å². The lowest BCUT2D eigenvalue weighted by molar-refractivity contribution is -0.160. The highest BCUT2D eigenvalue weighted by molar-refractivity contribution is 5.97. The number of H-pyrrole nitrogens is 1. The Morgan fingerprint density at radius 1 is 1.13 bits per heavy atom. The van der Waals surface area contributed by atoms with Crippen LogP contribution in [0, 0.1) is 0 Å². The number of carbonyl (C=O) groups excluding carboxylic acids is 2. The fraction of sp³-hybridized carbons (Fsp3) is 0.360. The van der Waals surface area contributed by atoms with E-state index in [0.29, 0.717) is 6.42 Å². The Bertz CT molecular complexity index is 1150. The molecule has 5 rings (SSSR count). The second-order valence-electron chi connectivity index (χ2n) is 8.48. The first-order valence-electron chi connectivity index (χ1n) is 10.9. The van der Waals surface area contributed by atoms with Crippen LogP contribution < -0.4 is 4.74 Å². The first-order valence-corrected chi connectivity index (χ1v) is 10.9. The molecule has 2 amide bonds. The normalized spacial score (nSPS) is 21.8. The van der Waals surface area contributed by atoms with E-state index in [4.69, 9.17) is 4.74 Å². The molecule has 3 aromatic rings. The number of methoxy groups -OCH3 is 1. The number of nitrogens with zero attached hydrogens (tertiary/aromatic N) is 2. The largest absolute Gasteiger partial charge is 0.497 e. The molecule has 3 atom stereocenters. The molecule has 3 heterocycles. The predicted octanol–water partition coefficient (Wildman–Crippen LogP) is 3.66. The van der Waals surface area contributed by atoms with E-state index in [0.717, 1.165) is 39.9 Å². The van der Waals surface area contributed by atoms with Crippen LogP contribution >= 0.6 is 0 Å². The van der Waals surface area contributed by atoms with Crippen LogP contribution in [-0.4, -0.2) is 52.3 Å². The smallest absolute Gasteiger partial charge is 0.246 e. The molecule has 2 aliphatic heterocycles. The van der Waals surface area contributed by atoms with Gasteiger partial charge in [0.15, 0.2) is 0 Å². The van der Waals surface area contributed by atoms with Crippen molar-refractivity contribution >= 4 is 22.7 Å². The van der Waals surface area contributed by atoms with Crippen molar-refractivity contribution in [2.24, 2.45) is 0 Å². The van der Waals surface area contributed by atoms with Crippen LogP contribution in [0.5, 0.6) is 5.75 Å². The zero-order valence-electron chi connectivity index (χ0n) is 18.1. The molecule has 2 aromatic carbocycles. The Kier molecular flexibility index (Phi) is 4.73. The van der Waals surface area contributed by atoms with Crippen LogP contribution in [0.15, 0.2) is 48.5 Å². The summed E-state index contributed by atoms with van der Waals surface area (Å²) in [7, 11) is 1.64. The zero-order valence-corrected chi connectivity index (χ0v) is 18.1. The molecule has 0 bridgehead atoms. The third kappa shape index (κ3) is 3.00. The number of benzene rings is 2. The maximum absolute atomic E-state index is 13.6. The molecular weight excluding hydrogens is 390 g/mol. The Morgan fingerprint density at radius 2 is 1.87 bits per heavy atom. The number of hydrogen-bond donors (Lipinski definition) is 1. The van der Waals surface area contributed by atoms with Crippen molar-refractivity contribution in [2.75, 3.05) is 13.7 Å². The predicted molar refractivity (Wildman–Crippen MR) is 119 cm³/mol. The van der Waals surface area contributed by atoms with Crippen molar-refractivity contribution in [3.8, 4) is 5.75 Å². The maximum Gasteiger partial charge on any atom is 0.246 e. The number of rotatable bonds is 4. The van der Waals surface area contributed by atoms with Crippen LogP contribution in [0.3, 0.4) is 0 Å². The van der Waals surface area contributed by atoms with Crippen LogP contribution in [0.1, 0.15) is 43.1 Å². The molecule has 6 nitrogen and oxygen atoms in total. The molecule has 160 valence electrons. The van der Waals surface area contributed by atoms with Crippen molar-refractivity contribution in [3.63, 3.8) is 0 Å². The lowest BCUT2D eigenvalue weighted by Crippen LogP contribution is -2.64. The average Bonchev–Trinajstić information content (AvgIpc) is 3.18. The summed E-state index contributed by atoms with van der Waals surface area (Å²) in [6, 6.07) is 15.2. The van der Waals surface area contributed by atoms with Gasteiger partial charge >= 0.3 is 0 Å². The van der Waals surface area contributed by atoms with E-state index in [1.54, 1.807) is 16.9 Å². The van der Waals surface area contributed by atoms with E-state index < -0.39 is 6.04 Å². The molecule has 1 N–H and O–H groups in total. The van der Waals surface area contributed by atoms with Gasteiger partial charge in [0.25, 0.3) is 0 Å². The quantitative estimate of drug-likeness (QED) is 0.705. The van der Waals surface area contributed by atoms with Gasteiger partial charge in [-0.15, -0.1) is 0 Å². The number of aromatic nitrogens is 1. The maximum atomic E-state index is 13.6. The van der Waals surface area contributed by atoms with Crippen molar-refractivity contribution < 1.29 is 14.3 Å². The van der Waals surface area contributed by atoms with Gasteiger partial charge in [-0.3, -0.25) is 9.59 Å². The van der Waals surface area contributed by atoms with Gasteiger partial charge < -0.3 is 19.5 Å². The zero-order chi connectivity index (χ0) is 21.7. The number of para-hydroxylation sites is 1. The molecule has 31 heavy (non-hydrogen) atoms. The number of carbonyl (C=O) groups is 2. The molecule has 1 aromatic heterocycles. The van der Waals surface area contributed by atoms with Crippen molar-refractivity contribution in [3.05, 3.63) is 65.4 Å². The molecule has 1 fully saturated rings. The lowest BCUT2D eigenvalue weighted by atomic mass is 9.86. The number of hydrogen-bond acceptors (Lipinski definition) is 3.